The number of carbonyl (C=O) groups excluding carboxylic acids is 4. The Labute approximate surface area is 293 Å². The lowest BCUT2D eigenvalue weighted by Crippen LogP contribution is -2.59. The van der Waals surface area contributed by atoms with E-state index in [0.717, 1.165) is 5.56 Å². The van der Waals surface area contributed by atoms with Gasteiger partial charge in [-0.3, -0.25) is 19.2 Å². The highest BCUT2D eigenvalue weighted by Crippen LogP contribution is 2.59. The normalized spacial score (nSPS) is 25.1. The number of hydrogen-bond acceptors (Lipinski definition) is 7. The van der Waals surface area contributed by atoms with E-state index < -0.39 is 53.5 Å². The second-order valence-electron chi connectivity index (χ2n) is 13.5. The minimum Gasteiger partial charge on any atom is -0.463 e. The molecule has 2 aromatic rings. The number of esters is 1. The topological polar surface area (TPSA) is 125 Å². The van der Waals surface area contributed by atoms with E-state index >= 15 is 0 Å². The van der Waals surface area contributed by atoms with E-state index in [4.69, 9.17) is 21.1 Å². The van der Waals surface area contributed by atoms with Gasteiger partial charge in [0.25, 0.3) is 5.91 Å². The van der Waals surface area contributed by atoms with Crippen molar-refractivity contribution >= 4 is 41.0 Å². The molecule has 3 aliphatic heterocycles. The summed E-state index contributed by atoms with van der Waals surface area (Å²) in [5.41, 5.74) is 0.0243. The average molecular weight is 692 g/mol. The van der Waals surface area contributed by atoms with Crippen LogP contribution in [0.5, 0.6) is 0 Å². The molecule has 3 fully saturated rings. The van der Waals surface area contributed by atoms with Gasteiger partial charge >= 0.3 is 5.97 Å². The SMILES string of the molecule is C=CCCC(=O)OC[C@H](NC(=O)[C@@H]1[C@@H]2CC[C@]3(O2)[C@H](C(=O)N(CC=C)c2ccc(Cl)cc2)N([C@@H](CO)CC(C)C)C(=O)[C@@H]13)c1ccccc1. The fourth-order valence-corrected chi connectivity index (χ4v) is 7.87. The fourth-order valence-electron chi connectivity index (χ4n) is 7.75. The van der Waals surface area contributed by atoms with Crippen LogP contribution in [0.4, 0.5) is 5.69 Å². The highest BCUT2D eigenvalue weighted by molar-refractivity contribution is 6.30. The van der Waals surface area contributed by atoms with Gasteiger partial charge in [0.2, 0.25) is 11.8 Å². The van der Waals surface area contributed by atoms with Crippen molar-refractivity contribution < 1.29 is 33.8 Å². The Morgan fingerprint density at radius 1 is 1.14 bits per heavy atom. The molecular weight excluding hydrogens is 646 g/mol. The van der Waals surface area contributed by atoms with E-state index in [2.05, 4.69) is 18.5 Å². The molecule has 3 amide bonds. The summed E-state index contributed by atoms with van der Waals surface area (Å²) < 4.78 is 12.2. The van der Waals surface area contributed by atoms with E-state index in [1.54, 1.807) is 41.3 Å². The van der Waals surface area contributed by atoms with Gasteiger partial charge in [-0.1, -0.05) is 67.9 Å². The first-order valence-electron chi connectivity index (χ1n) is 17.0. The number of nitrogens with zero attached hydrogens (tertiary/aromatic N) is 2. The number of aliphatic hydroxyl groups is 1. The molecule has 0 radical (unpaired) electrons. The van der Waals surface area contributed by atoms with Crippen LogP contribution in [-0.2, 0) is 28.7 Å². The lowest BCUT2D eigenvalue weighted by Gasteiger charge is -2.39. The molecule has 0 saturated carbocycles. The van der Waals surface area contributed by atoms with E-state index in [-0.39, 0.29) is 43.9 Å². The zero-order valence-electron chi connectivity index (χ0n) is 28.1. The largest absolute Gasteiger partial charge is 0.463 e. The summed E-state index contributed by atoms with van der Waals surface area (Å²) in [6.07, 6.45) is 4.61. The number of likely N-dealkylation sites (tertiary alicyclic amines) is 1. The van der Waals surface area contributed by atoms with Crippen LogP contribution in [0, 0.1) is 17.8 Å². The van der Waals surface area contributed by atoms with Crippen molar-refractivity contribution in [3.8, 4) is 0 Å². The van der Waals surface area contributed by atoms with Crippen molar-refractivity contribution in [3.05, 3.63) is 90.5 Å². The van der Waals surface area contributed by atoms with Gasteiger partial charge in [-0.25, -0.2) is 0 Å². The lowest BCUT2D eigenvalue weighted by atomic mass is 9.70. The summed E-state index contributed by atoms with van der Waals surface area (Å²) in [6, 6.07) is 13.6. The van der Waals surface area contributed by atoms with Gasteiger partial charge in [-0.05, 0) is 61.4 Å². The summed E-state index contributed by atoms with van der Waals surface area (Å²) >= 11 is 6.16. The van der Waals surface area contributed by atoms with Crippen LogP contribution in [0.2, 0.25) is 5.02 Å². The molecule has 3 heterocycles. The Morgan fingerprint density at radius 3 is 2.49 bits per heavy atom. The molecule has 5 rings (SSSR count). The molecule has 11 heteroatoms. The Hall–Kier alpha value is -3.99. The van der Waals surface area contributed by atoms with Crippen molar-refractivity contribution in [1.82, 2.24) is 10.2 Å². The van der Waals surface area contributed by atoms with Crippen LogP contribution in [0.1, 0.15) is 57.6 Å². The van der Waals surface area contributed by atoms with Crippen LogP contribution < -0.4 is 10.2 Å². The van der Waals surface area contributed by atoms with Gasteiger partial charge in [0.1, 0.15) is 18.2 Å². The highest BCUT2D eigenvalue weighted by atomic mass is 35.5. The monoisotopic (exact) mass is 691 g/mol. The standard InChI is InChI=1S/C38H46ClN3O7/c1-5-7-13-31(44)48-23-29(25-11-9-8-10-12-25)40-35(45)32-30-18-19-38(49-30)33(32)36(46)42(28(22-43)21-24(3)4)34(38)37(47)41(20-6-2)27-16-14-26(39)15-17-27/h5-6,8-12,14-17,24,28-30,32-34,43H,1-2,7,13,18-23H2,3-4H3,(H,40,45)/t28-,29+,30+,32-,33-,34+,38-/m1/s1. The predicted octanol–water partition coefficient (Wildman–Crippen LogP) is 5.01. The quantitative estimate of drug-likeness (QED) is 0.187. The third-order valence-electron chi connectivity index (χ3n) is 9.82. The molecule has 7 atom stereocenters. The van der Waals surface area contributed by atoms with E-state index in [9.17, 15) is 24.3 Å². The Bertz CT molecular complexity index is 1530. The number of anilines is 1. The van der Waals surface area contributed by atoms with Gasteiger partial charge in [-0.15, -0.1) is 13.2 Å². The third-order valence-corrected chi connectivity index (χ3v) is 10.1. The maximum atomic E-state index is 14.8. The van der Waals surface area contributed by atoms with Gasteiger partial charge in [0.15, 0.2) is 0 Å². The molecule has 10 nitrogen and oxygen atoms in total. The molecule has 3 saturated heterocycles. The van der Waals surface area contributed by atoms with Gasteiger partial charge in [0.05, 0.1) is 36.6 Å². The number of amides is 3. The summed E-state index contributed by atoms with van der Waals surface area (Å²) in [5.74, 6) is -3.34. The fraction of sp³-hybridized carbons (Fsp3) is 0.474. The molecule has 1 spiro atoms. The highest BCUT2D eigenvalue weighted by Gasteiger charge is 2.75. The number of nitrogens with one attached hydrogen (secondary N) is 1. The third kappa shape index (κ3) is 7.32. The molecule has 2 aromatic carbocycles. The van der Waals surface area contributed by atoms with Crippen LogP contribution in [0.3, 0.4) is 0 Å². The van der Waals surface area contributed by atoms with Crippen LogP contribution in [0.15, 0.2) is 79.9 Å². The molecular formula is C38H46ClN3O7. The van der Waals surface area contributed by atoms with Crippen molar-refractivity contribution in [2.24, 2.45) is 17.8 Å². The summed E-state index contributed by atoms with van der Waals surface area (Å²) in [4.78, 5) is 59.2. The number of carbonyl (C=O) groups is 4. The second kappa shape index (κ2) is 15.7. The number of fused-ring (bicyclic) bond motifs is 1. The van der Waals surface area contributed by atoms with E-state index in [0.29, 0.717) is 36.4 Å². The first-order chi connectivity index (χ1) is 23.6. The van der Waals surface area contributed by atoms with Crippen molar-refractivity contribution in [2.75, 3.05) is 24.7 Å². The van der Waals surface area contributed by atoms with Crippen molar-refractivity contribution in [1.29, 1.82) is 0 Å². The molecule has 2 N–H and O–H groups in total. The zero-order valence-corrected chi connectivity index (χ0v) is 28.9. The molecule has 262 valence electrons. The number of hydrogen-bond donors (Lipinski definition) is 2. The Morgan fingerprint density at radius 2 is 1.86 bits per heavy atom. The number of halogens is 1. The van der Waals surface area contributed by atoms with Crippen molar-refractivity contribution in [2.45, 2.75) is 75.8 Å². The second-order valence-corrected chi connectivity index (χ2v) is 13.9. The van der Waals surface area contributed by atoms with Crippen LogP contribution in [0.25, 0.3) is 0 Å². The maximum absolute atomic E-state index is 14.8. The number of benzene rings is 2. The Kier molecular flexibility index (Phi) is 11.6. The molecule has 0 aromatic heterocycles. The van der Waals surface area contributed by atoms with Gasteiger partial charge in [0, 0.05) is 23.7 Å². The number of allylic oxidation sites excluding steroid dienone is 1. The first-order valence-corrected chi connectivity index (χ1v) is 17.3. The predicted molar refractivity (Wildman–Crippen MR) is 186 cm³/mol. The minimum atomic E-state index is -1.28. The lowest BCUT2D eigenvalue weighted by molar-refractivity contribution is -0.146. The van der Waals surface area contributed by atoms with Gasteiger partial charge < -0.3 is 29.7 Å². The summed E-state index contributed by atoms with van der Waals surface area (Å²) in [5, 5.41) is 14.2. The molecule has 0 unspecified atom stereocenters. The minimum absolute atomic E-state index is 0.0977. The number of rotatable bonds is 16. The van der Waals surface area contributed by atoms with E-state index in [1.807, 2.05) is 44.2 Å². The maximum Gasteiger partial charge on any atom is 0.306 e. The summed E-state index contributed by atoms with van der Waals surface area (Å²) in [7, 11) is 0. The molecule has 3 aliphatic rings. The smallest absolute Gasteiger partial charge is 0.306 e. The van der Waals surface area contributed by atoms with E-state index in [1.165, 1.54) is 4.90 Å². The van der Waals surface area contributed by atoms with Crippen molar-refractivity contribution in [3.63, 3.8) is 0 Å². The molecule has 49 heavy (non-hydrogen) atoms. The molecule has 0 aliphatic carbocycles. The number of aliphatic hydroxyl groups excluding tert-OH is 1. The Balaban J connectivity index is 1.50. The first kappa shape index (κ1) is 36.3. The molecule has 2 bridgehead atoms. The van der Waals surface area contributed by atoms with Gasteiger partial charge in [-0.2, -0.15) is 0 Å². The summed E-state index contributed by atoms with van der Waals surface area (Å²) in [6.45, 7) is 11.2. The zero-order chi connectivity index (χ0) is 35.3. The average Bonchev–Trinajstić information content (AvgIpc) is 3.74. The van der Waals surface area contributed by atoms with Crippen LogP contribution >= 0.6 is 11.6 Å². The number of ether oxygens (including phenoxy) is 2. The van der Waals surface area contributed by atoms with Crippen LogP contribution in [-0.4, -0.2) is 77.2 Å².